The van der Waals surface area contributed by atoms with E-state index in [1.54, 1.807) is 6.07 Å². The highest BCUT2D eigenvalue weighted by atomic mass is 19.1. The first kappa shape index (κ1) is 13.9. The highest BCUT2D eigenvalue weighted by Gasteiger charge is 2.40. The average Bonchev–Trinajstić information content (AvgIpc) is 2.37. The third-order valence-electron chi connectivity index (χ3n) is 4.12. The molecule has 0 amide bonds. The molecular formula is C15H20FNO3. The minimum Gasteiger partial charge on any atom is -0.393 e. The molecule has 0 bridgehead atoms. The molecule has 2 fully saturated rings. The van der Waals surface area contributed by atoms with Gasteiger partial charge in [-0.15, -0.1) is 0 Å². The summed E-state index contributed by atoms with van der Waals surface area (Å²) in [7, 11) is 0. The van der Waals surface area contributed by atoms with Crippen molar-refractivity contribution in [2.75, 3.05) is 39.5 Å². The lowest BCUT2D eigenvalue weighted by molar-refractivity contribution is -0.168. The van der Waals surface area contributed by atoms with Gasteiger partial charge in [0, 0.05) is 19.5 Å². The molecule has 1 aromatic carbocycles. The van der Waals surface area contributed by atoms with E-state index in [4.69, 9.17) is 9.47 Å². The zero-order valence-corrected chi connectivity index (χ0v) is 11.4. The van der Waals surface area contributed by atoms with Crippen LogP contribution in [0.5, 0.6) is 0 Å². The molecule has 2 saturated heterocycles. The van der Waals surface area contributed by atoms with Crippen molar-refractivity contribution < 1.29 is 19.0 Å². The Labute approximate surface area is 118 Å². The molecule has 2 heterocycles. The molecule has 5 heteroatoms. The summed E-state index contributed by atoms with van der Waals surface area (Å²) >= 11 is 0. The first-order valence-electron chi connectivity index (χ1n) is 7.02. The predicted octanol–water partition coefficient (Wildman–Crippen LogP) is 0.830. The third kappa shape index (κ3) is 2.86. The van der Waals surface area contributed by atoms with Crippen LogP contribution in [0.25, 0.3) is 0 Å². The molecule has 1 atom stereocenters. The predicted molar refractivity (Wildman–Crippen MR) is 72.1 cm³/mol. The SMILES string of the molecule is OCC1(Cc2cccc(F)c2)CN(C2COC2)CCO1. The Morgan fingerprint density at radius 1 is 1.40 bits per heavy atom. The van der Waals surface area contributed by atoms with Gasteiger partial charge in [-0.1, -0.05) is 12.1 Å². The number of nitrogens with zero attached hydrogens (tertiary/aromatic N) is 1. The summed E-state index contributed by atoms with van der Waals surface area (Å²) < 4.78 is 24.4. The lowest BCUT2D eigenvalue weighted by Crippen LogP contribution is -2.61. The average molecular weight is 281 g/mol. The monoisotopic (exact) mass is 281 g/mol. The van der Waals surface area contributed by atoms with Crippen molar-refractivity contribution in [3.05, 3.63) is 35.6 Å². The van der Waals surface area contributed by atoms with Crippen LogP contribution in [0.4, 0.5) is 4.39 Å². The molecular weight excluding hydrogens is 261 g/mol. The number of halogens is 1. The van der Waals surface area contributed by atoms with Gasteiger partial charge >= 0.3 is 0 Å². The molecule has 1 unspecified atom stereocenters. The van der Waals surface area contributed by atoms with E-state index in [0.717, 1.165) is 25.3 Å². The van der Waals surface area contributed by atoms with E-state index in [0.29, 0.717) is 25.6 Å². The fraction of sp³-hybridized carbons (Fsp3) is 0.600. The molecule has 0 spiro atoms. The van der Waals surface area contributed by atoms with Crippen LogP contribution in [-0.4, -0.2) is 61.2 Å². The molecule has 3 rings (SSSR count). The van der Waals surface area contributed by atoms with Gasteiger partial charge in [-0.3, -0.25) is 4.90 Å². The number of benzene rings is 1. The highest BCUT2D eigenvalue weighted by Crippen LogP contribution is 2.26. The smallest absolute Gasteiger partial charge is 0.123 e. The van der Waals surface area contributed by atoms with Gasteiger partial charge in [-0.2, -0.15) is 0 Å². The Morgan fingerprint density at radius 2 is 2.25 bits per heavy atom. The maximum absolute atomic E-state index is 13.3. The number of rotatable bonds is 4. The second-order valence-electron chi connectivity index (χ2n) is 5.66. The van der Waals surface area contributed by atoms with Crippen molar-refractivity contribution in [1.29, 1.82) is 0 Å². The Morgan fingerprint density at radius 3 is 2.90 bits per heavy atom. The van der Waals surface area contributed by atoms with Gasteiger partial charge in [0.25, 0.3) is 0 Å². The van der Waals surface area contributed by atoms with E-state index in [1.165, 1.54) is 12.1 Å². The second kappa shape index (κ2) is 5.77. The van der Waals surface area contributed by atoms with Gasteiger partial charge in [-0.25, -0.2) is 4.39 Å². The van der Waals surface area contributed by atoms with Crippen molar-refractivity contribution >= 4 is 0 Å². The first-order valence-corrected chi connectivity index (χ1v) is 7.02. The van der Waals surface area contributed by atoms with Crippen LogP contribution < -0.4 is 0 Å². The van der Waals surface area contributed by atoms with Crippen LogP contribution in [0, 0.1) is 5.82 Å². The summed E-state index contributed by atoms with van der Waals surface area (Å²) in [6.45, 7) is 3.55. The molecule has 110 valence electrons. The number of hydrogen-bond donors (Lipinski definition) is 1. The van der Waals surface area contributed by atoms with Crippen molar-refractivity contribution in [2.45, 2.75) is 18.1 Å². The van der Waals surface area contributed by atoms with Crippen molar-refractivity contribution in [3.8, 4) is 0 Å². The molecule has 1 aromatic rings. The lowest BCUT2D eigenvalue weighted by atomic mass is 9.92. The maximum Gasteiger partial charge on any atom is 0.123 e. The highest BCUT2D eigenvalue weighted by molar-refractivity contribution is 5.19. The van der Waals surface area contributed by atoms with Crippen LogP contribution in [0.15, 0.2) is 24.3 Å². The maximum atomic E-state index is 13.3. The fourth-order valence-corrected chi connectivity index (χ4v) is 2.90. The standard InChI is InChI=1S/C15H20FNO3/c16-13-3-1-2-12(6-13)7-15(11-18)10-17(4-5-20-15)14-8-19-9-14/h1-3,6,14,18H,4-5,7-11H2. The molecule has 0 aliphatic carbocycles. The van der Waals surface area contributed by atoms with E-state index in [1.807, 2.05) is 6.07 Å². The van der Waals surface area contributed by atoms with Crippen molar-refractivity contribution in [3.63, 3.8) is 0 Å². The topological polar surface area (TPSA) is 41.9 Å². The largest absolute Gasteiger partial charge is 0.393 e. The van der Waals surface area contributed by atoms with Gasteiger partial charge in [0.05, 0.1) is 32.5 Å². The van der Waals surface area contributed by atoms with Crippen LogP contribution >= 0.6 is 0 Å². The van der Waals surface area contributed by atoms with Crippen LogP contribution in [0.3, 0.4) is 0 Å². The third-order valence-corrected chi connectivity index (χ3v) is 4.12. The van der Waals surface area contributed by atoms with Crippen molar-refractivity contribution in [2.24, 2.45) is 0 Å². The molecule has 0 aromatic heterocycles. The van der Waals surface area contributed by atoms with E-state index >= 15 is 0 Å². The summed E-state index contributed by atoms with van der Waals surface area (Å²) in [4.78, 5) is 2.31. The Bertz CT molecular complexity index is 466. The second-order valence-corrected chi connectivity index (χ2v) is 5.66. The van der Waals surface area contributed by atoms with Crippen molar-refractivity contribution in [1.82, 2.24) is 4.90 Å². The van der Waals surface area contributed by atoms with Crippen LogP contribution in [0.2, 0.25) is 0 Å². The molecule has 0 radical (unpaired) electrons. The lowest BCUT2D eigenvalue weighted by Gasteiger charge is -2.47. The zero-order chi connectivity index (χ0) is 14.0. The molecule has 2 aliphatic rings. The minimum absolute atomic E-state index is 0.0619. The quantitative estimate of drug-likeness (QED) is 0.887. The number of ether oxygens (including phenoxy) is 2. The number of morpholine rings is 1. The Balaban J connectivity index is 1.72. The first-order chi connectivity index (χ1) is 9.71. The van der Waals surface area contributed by atoms with E-state index in [-0.39, 0.29) is 12.4 Å². The van der Waals surface area contributed by atoms with Crippen LogP contribution in [-0.2, 0) is 15.9 Å². The summed E-state index contributed by atoms with van der Waals surface area (Å²) in [5.74, 6) is -0.254. The summed E-state index contributed by atoms with van der Waals surface area (Å²) in [5, 5.41) is 9.79. The Kier molecular flexibility index (Phi) is 4.03. The van der Waals surface area contributed by atoms with Gasteiger partial charge in [0.15, 0.2) is 0 Å². The molecule has 20 heavy (non-hydrogen) atoms. The normalized spacial score (nSPS) is 28.3. The van der Waals surface area contributed by atoms with E-state index in [2.05, 4.69) is 4.90 Å². The number of hydrogen-bond acceptors (Lipinski definition) is 4. The summed E-state index contributed by atoms with van der Waals surface area (Å²) in [6, 6.07) is 6.92. The fourth-order valence-electron chi connectivity index (χ4n) is 2.90. The Hall–Kier alpha value is -1.01. The van der Waals surface area contributed by atoms with E-state index in [9.17, 15) is 9.50 Å². The van der Waals surface area contributed by atoms with Gasteiger partial charge in [0.1, 0.15) is 11.4 Å². The van der Waals surface area contributed by atoms with Gasteiger partial charge < -0.3 is 14.6 Å². The van der Waals surface area contributed by atoms with Crippen LogP contribution in [0.1, 0.15) is 5.56 Å². The summed E-state index contributed by atoms with van der Waals surface area (Å²) in [6.07, 6.45) is 0.519. The minimum atomic E-state index is -0.637. The van der Waals surface area contributed by atoms with Gasteiger partial charge in [0.2, 0.25) is 0 Å². The number of aliphatic hydroxyl groups is 1. The summed E-state index contributed by atoms with van der Waals surface area (Å²) in [5.41, 5.74) is 0.215. The molecule has 1 N–H and O–H groups in total. The van der Waals surface area contributed by atoms with Gasteiger partial charge in [-0.05, 0) is 17.7 Å². The molecule has 0 saturated carbocycles. The zero-order valence-electron chi connectivity index (χ0n) is 11.4. The molecule has 4 nitrogen and oxygen atoms in total. The molecule has 2 aliphatic heterocycles. The van der Waals surface area contributed by atoms with E-state index < -0.39 is 5.60 Å². The number of aliphatic hydroxyl groups excluding tert-OH is 1.